The second kappa shape index (κ2) is 8.81. The summed E-state index contributed by atoms with van der Waals surface area (Å²) in [6, 6.07) is 0. The van der Waals surface area contributed by atoms with E-state index >= 15 is 0 Å². The van der Waals surface area contributed by atoms with Crippen LogP contribution in [0.15, 0.2) is 15.8 Å². The number of nitrogens with one attached hydrogen (secondary N) is 2. The van der Waals surface area contributed by atoms with Crippen LogP contribution in [0.4, 0.5) is 0 Å². The number of hydrogen-bond donors (Lipinski definition) is 2. The van der Waals surface area contributed by atoms with Crippen LogP contribution < -0.4 is 16.6 Å². The van der Waals surface area contributed by atoms with E-state index in [9.17, 15) is 18.0 Å². The maximum Gasteiger partial charge on any atom is 0.330 e. The second-order valence-electron chi connectivity index (χ2n) is 12.1. The third-order valence-corrected chi connectivity index (χ3v) is 14.3. The summed E-state index contributed by atoms with van der Waals surface area (Å²) in [6.45, 7) is 13.6. The van der Waals surface area contributed by atoms with Crippen LogP contribution in [0.2, 0.25) is 18.1 Å². The standard InChI is InChI=1S/C23H37N3O9SSi/c1-14-10-26(20(28)25-18(14)27)19-17(34-37(5,6)21(2,3)4)23-16(33-19)9-24-22(23,13-36(29,30)35-23)32-12-15-7-8-31-11-15/h10,15-17,19,24H,7-9,11-13H2,1-6H3,(H,25,27,28)/t15?,16-,17+,19-,22-,23-/m1/s1. The third-order valence-electron chi connectivity index (χ3n) is 8.55. The SMILES string of the molecule is Cc1cn([C@@H]2O[C@@H]3CN[C@@]4(OCC5CCOC5)CS(=O)(=O)O[C@@]34[C@H]2O[Si](C)(C)C(C)(C)C)c(=O)[nH]c1=O. The molecule has 5 heterocycles. The summed E-state index contributed by atoms with van der Waals surface area (Å²) in [5.41, 5.74) is -3.89. The number of hydrogen-bond acceptors (Lipinski definition) is 10. The zero-order valence-electron chi connectivity index (χ0n) is 22.2. The first-order chi connectivity index (χ1) is 17.1. The fourth-order valence-corrected chi connectivity index (χ4v) is 8.45. The van der Waals surface area contributed by atoms with Gasteiger partial charge in [-0.2, -0.15) is 8.42 Å². The Morgan fingerprint density at radius 3 is 2.65 bits per heavy atom. The van der Waals surface area contributed by atoms with Crippen molar-refractivity contribution >= 4 is 18.4 Å². The summed E-state index contributed by atoms with van der Waals surface area (Å²) >= 11 is 0. The molecule has 6 atom stereocenters. The average Bonchev–Trinajstić information content (AvgIpc) is 3.49. The smallest absolute Gasteiger partial charge is 0.330 e. The summed E-state index contributed by atoms with van der Waals surface area (Å²) in [5, 5.41) is 3.02. The van der Waals surface area contributed by atoms with Crippen molar-refractivity contribution in [2.24, 2.45) is 5.92 Å². The maximum absolute atomic E-state index is 13.1. The van der Waals surface area contributed by atoms with Crippen molar-refractivity contribution in [2.45, 2.75) is 82.0 Å². The molecular weight excluding hydrogens is 522 g/mol. The van der Waals surface area contributed by atoms with Gasteiger partial charge in [0.2, 0.25) is 0 Å². The minimum absolute atomic E-state index is 0.123. The van der Waals surface area contributed by atoms with E-state index in [1.807, 2.05) is 13.1 Å². The molecule has 4 aliphatic rings. The molecule has 0 amide bonds. The molecule has 37 heavy (non-hydrogen) atoms. The molecule has 12 nitrogen and oxygen atoms in total. The Labute approximate surface area is 217 Å². The fraction of sp³-hybridized carbons (Fsp3) is 0.826. The van der Waals surface area contributed by atoms with Gasteiger partial charge in [-0.05, 0) is 31.5 Å². The Balaban J connectivity index is 1.64. The normalized spacial score (nSPS) is 37.1. The van der Waals surface area contributed by atoms with E-state index in [0.29, 0.717) is 18.8 Å². The Bertz CT molecular complexity index is 1280. The Morgan fingerprint density at radius 2 is 2.00 bits per heavy atom. The summed E-state index contributed by atoms with van der Waals surface area (Å²) in [6.07, 6.45) is -0.622. The van der Waals surface area contributed by atoms with E-state index in [1.165, 1.54) is 10.8 Å². The highest BCUT2D eigenvalue weighted by molar-refractivity contribution is 7.87. The van der Waals surface area contributed by atoms with Crippen molar-refractivity contribution in [3.63, 3.8) is 0 Å². The largest absolute Gasteiger partial charge is 0.406 e. The number of aryl methyl sites for hydroxylation is 1. The zero-order valence-corrected chi connectivity index (χ0v) is 24.0. The average molecular weight is 560 g/mol. The molecule has 0 saturated carbocycles. The lowest BCUT2D eigenvalue weighted by Gasteiger charge is -2.45. The van der Waals surface area contributed by atoms with Crippen molar-refractivity contribution in [1.82, 2.24) is 14.9 Å². The molecule has 4 aliphatic heterocycles. The predicted octanol–water partition coefficient (Wildman–Crippen LogP) is 0.584. The van der Waals surface area contributed by atoms with Crippen LogP contribution in [0, 0.1) is 12.8 Å². The van der Waals surface area contributed by atoms with E-state index < -0.39 is 65.2 Å². The molecule has 0 radical (unpaired) electrons. The van der Waals surface area contributed by atoms with Gasteiger partial charge < -0.3 is 18.6 Å². The van der Waals surface area contributed by atoms with Gasteiger partial charge in [0.25, 0.3) is 15.7 Å². The van der Waals surface area contributed by atoms with Crippen LogP contribution in [0.25, 0.3) is 0 Å². The molecule has 1 spiro atoms. The summed E-state index contributed by atoms with van der Waals surface area (Å²) < 4.78 is 58.7. The number of nitrogens with zero attached hydrogens (tertiary/aromatic N) is 1. The summed E-state index contributed by atoms with van der Waals surface area (Å²) in [4.78, 5) is 27.4. The van der Waals surface area contributed by atoms with Gasteiger partial charge in [-0.25, -0.2) is 4.79 Å². The van der Waals surface area contributed by atoms with Gasteiger partial charge in [0, 0.05) is 30.8 Å². The van der Waals surface area contributed by atoms with E-state index in [1.54, 1.807) is 6.92 Å². The fourth-order valence-electron chi connectivity index (χ4n) is 5.45. The van der Waals surface area contributed by atoms with Crippen molar-refractivity contribution < 1.29 is 31.2 Å². The zero-order chi connectivity index (χ0) is 27.0. The minimum Gasteiger partial charge on any atom is -0.406 e. The number of H-pyrrole nitrogens is 1. The van der Waals surface area contributed by atoms with E-state index in [0.717, 1.165) is 6.42 Å². The summed E-state index contributed by atoms with van der Waals surface area (Å²) in [5.74, 6) is -0.296. The Kier molecular flexibility index (Phi) is 6.47. The molecule has 208 valence electrons. The molecule has 1 aromatic heterocycles. The first-order valence-corrected chi connectivity index (χ1v) is 17.1. The van der Waals surface area contributed by atoms with Crippen molar-refractivity contribution in [1.29, 1.82) is 0 Å². The van der Waals surface area contributed by atoms with Gasteiger partial charge >= 0.3 is 5.69 Å². The van der Waals surface area contributed by atoms with Crippen molar-refractivity contribution in [3.8, 4) is 0 Å². The molecule has 14 heteroatoms. The molecule has 0 aliphatic carbocycles. The van der Waals surface area contributed by atoms with Crippen LogP contribution in [0.3, 0.4) is 0 Å². The van der Waals surface area contributed by atoms with E-state index in [-0.39, 0.29) is 24.1 Å². The van der Waals surface area contributed by atoms with Gasteiger partial charge in [-0.15, -0.1) is 0 Å². The Morgan fingerprint density at radius 1 is 1.27 bits per heavy atom. The molecule has 1 aromatic rings. The van der Waals surface area contributed by atoms with Gasteiger partial charge in [-0.1, -0.05) is 20.8 Å². The van der Waals surface area contributed by atoms with E-state index in [2.05, 4.69) is 31.1 Å². The van der Waals surface area contributed by atoms with Gasteiger partial charge in [-0.3, -0.25) is 23.8 Å². The molecule has 0 aromatic carbocycles. The highest BCUT2D eigenvalue weighted by atomic mass is 32.2. The topological polar surface area (TPSA) is 147 Å². The first kappa shape index (κ1) is 27.2. The van der Waals surface area contributed by atoms with Gasteiger partial charge in [0.05, 0.1) is 13.2 Å². The lowest BCUT2D eigenvalue weighted by Crippen LogP contribution is -2.67. The van der Waals surface area contributed by atoms with Crippen LogP contribution >= 0.6 is 0 Å². The monoisotopic (exact) mass is 559 g/mol. The highest BCUT2D eigenvalue weighted by Gasteiger charge is 2.80. The molecule has 5 rings (SSSR count). The van der Waals surface area contributed by atoms with Crippen LogP contribution in [-0.2, 0) is 32.9 Å². The highest BCUT2D eigenvalue weighted by Crippen LogP contribution is 2.57. The lowest BCUT2D eigenvalue weighted by molar-refractivity contribution is -0.174. The second-order valence-corrected chi connectivity index (χ2v) is 18.4. The van der Waals surface area contributed by atoms with Crippen molar-refractivity contribution in [2.75, 3.05) is 32.1 Å². The quantitative estimate of drug-likeness (QED) is 0.375. The van der Waals surface area contributed by atoms with Crippen molar-refractivity contribution in [3.05, 3.63) is 32.6 Å². The molecular formula is C23H37N3O9SSi. The van der Waals surface area contributed by atoms with Crippen LogP contribution in [0.1, 0.15) is 39.0 Å². The van der Waals surface area contributed by atoms with Crippen LogP contribution in [-0.4, -0.2) is 81.9 Å². The lowest BCUT2D eigenvalue weighted by atomic mass is 9.85. The minimum atomic E-state index is -4.04. The van der Waals surface area contributed by atoms with E-state index in [4.69, 9.17) is 22.8 Å². The number of ether oxygens (including phenoxy) is 3. The number of rotatable bonds is 6. The first-order valence-electron chi connectivity index (χ1n) is 12.7. The Hall–Kier alpha value is -1.39. The number of aromatic amines is 1. The molecule has 1 unspecified atom stereocenters. The molecule has 0 bridgehead atoms. The predicted molar refractivity (Wildman–Crippen MR) is 135 cm³/mol. The molecule has 4 saturated heterocycles. The van der Waals surface area contributed by atoms with Gasteiger partial charge in [0.1, 0.15) is 18.0 Å². The van der Waals surface area contributed by atoms with Crippen LogP contribution in [0.5, 0.6) is 0 Å². The third kappa shape index (κ3) is 4.29. The molecule has 2 N–H and O–H groups in total. The van der Waals surface area contributed by atoms with Gasteiger partial charge in [0.15, 0.2) is 25.9 Å². The number of aromatic nitrogens is 2. The maximum atomic E-state index is 13.1. The molecule has 4 fully saturated rings. The summed E-state index contributed by atoms with van der Waals surface area (Å²) in [7, 11) is -6.62.